The maximum atomic E-state index is 12.2. The Labute approximate surface area is 151 Å². The molecule has 0 atom stereocenters. The summed E-state index contributed by atoms with van der Waals surface area (Å²) in [7, 11) is 0. The Balaban J connectivity index is 1.59. The van der Waals surface area contributed by atoms with Gasteiger partial charge in [0.05, 0.1) is 12.1 Å². The zero-order valence-corrected chi connectivity index (χ0v) is 14.7. The first-order valence-electron chi connectivity index (χ1n) is 8.32. The lowest BCUT2D eigenvalue weighted by Crippen LogP contribution is -2.45. The average molecular weight is 351 g/mol. The Kier molecular flexibility index (Phi) is 4.67. The van der Waals surface area contributed by atoms with Crippen LogP contribution in [0.15, 0.2) is 54.6 Å². The molecule has 6 heteroatoms. The number of nitrogens with one attached hydrogen (secondary N) is 3. The summed E-state index contributed by atoms with van der Waals surface area (Å²) in [6.07, 6.45) is 0. The molecule has 0 fully saturated rings. The minimum Gasteiger partial charge on any atom is -0.508 e. The van der Waals surface area contributed by atoms with Gasteiger partial charge >= 0.3 is 0 Å². The van der Waals surface area contributed by atoms with Crippen molar-refractivity contribution >= 4 is 22.7 Å². The zero-order valence-electron chi connectivity index (χ0n) is 14.7. The highest BCUT2D eigenvalue weighted by atomic mass is 16.3. The largest absolute Gasteiger partial charge is 0.508 e. The van der Waals surface area contributed by atoms with Crippen molar-refractivity contribution in [2.75, 3.05) is 6.54 Å². The fraction of sp³-hybridized carbons (Fsp3) is 0.200. The summed E-state index contributed by atoms with van der Waals surface area (Å²) in [5, 5.41) is 15.8. The minimum atomic E-state index is -0.628. The van der Waals surface area contributed by atoms with Crippen molar-refractivity contribution in [1.29, 1.82) is 0 Å². The van der Waals surface area contributed by atoms with Gasteiger partial charge < -0.3 is 20.7 Å². The molecular formula is C20H21N3O3. The Bertz CT molecular complexity index is 909. The minimum absolute atomic E-state index is 0.129. The van der Waals surface area contributed by atoms with Gasteiger partial charge in [-0.25, -0.2) is 0 Å². The molecule has 134 valence electrons. The topological polar surface area (TPSA) is 94.2 Å². The van der Waals surface area contributed by atoms with Gasteiger partial charge in [-0.2, -0.15) is 0 Å². The highest BCUT2D eigenvalue weighted by Crippen LogP contribution is 2.22. The van der Waals surface area contributed by atoms with Crippen LogP contribution in [0.5, 0.6) is 5.75 Å². The highest BCUT2D eigenvalue weighted by molar-refractivity contribution is 5.99. The van der Waals surface area contributed by atoms with Crippen LogP contribution in [0.4, 0.5) is 0 Å². The van der Waals surface area contributed by atoms with Crippen molar-refractivity contribution in [3.8, 4) is 5.75 Å². The Morgan fingerprint density at radius 3 is 2.46 bits per heavy atom. The van der Waals surface area contributed by atoms with Gasteiger partial charge in [-0.3, -0.25) is 9.59 Å². The molecule has 1 heterocycles. The van der Waals surface area contributed by atoms with Crippen LogP contribution in [0.3, 0.4) is 0 Å². The van der Waals surface area contributed by atoms with Crippen LogP contribution in [-0.4, -0.2) is 28.4 Å². The molecule has 0 spiro atoms. The van der Waals surface area contributed by atoms with Crippen LogP contribution in [0.25, 0.3) is 10.9 Å². The molecule has 4 N–H and O–H groups in total. The van der Waals surface area contributed by atoms with Crippen molar-refractivity contribution in [3.63, 3.8) is 0 Å². The maximum absolute atomic E-state index is 12.2. The predicted octanol–water partition coefficient (Wildman–Crippen LogP) is 2.65. The summed E-state index contributed by atoms with van der Waals surface area (Å²) in [6, 6.07) is 16.0. The first kappa shape index (κ1) is 17.5. The van der Waals surface area contributed by atoms with E-state index in [0.29, 0.717) is 5.69 Å². The van der Waals surface area contributed by atoms with E-state index in [1.165, 1.54) is 0 Å². The Morgan fingerprint density at radius 2 is 1.77 bits per heavy atom. The summed E-state index contributed by atoms with van der Waals surface area (Å²) >= 11 is 0. The molecule has 2 aromatic carbocycles. The van der Waals surface area contributed by atoms with Crippen molar-refractivity contribution in [2.45, 2.75) is 19.4 Å². The molecule has 0 aliphatic heterocycles. The van der Waals surface area contributed by atoms with Gasteiger partial charge in [-0.1, -0.05) is 30.3 Å². The second-order valence-electron chi connectivity index (χ2n) is 6.67. The number of amides is 2. The van der Waals surface area contributed by atoms with Crippen LogP contribution >= 0.6 is 0 Å². The molecule has 0 saturated carbocycles. The predicted molar refractivity (Wildman–Crippen MR) is 99.9 cm³/mol. The second kappa shape index (κ2) is 6.92. The third kappa shape index (κ3) is 3.85. The molecule has 0 unspecified atom stereocenters. The van der Waals surface area contributed by atoms with E-state index in [9.17, 15) is 14.7 Å². The number of carbonyl (C=O) groups excluding carboxylic acids is 2. The zero-order chi connectivity index (χ0) is 18.7. The molecule has 0 aliphatic carbocycles. The number of H-pyrrole nitrogens is 1. The summed E-state index contributed by atoms with van der Waals surface area (Å²) in [4.78, 5) is 27.5. The van der Waals surface area contributed by atoms with Crippen molar-refractivity contribution < 1.29 is 14.7 Å². The number of rotatable bonds is 5. The van der Waals surface area contributed by atoms with E-state index in [4.69, 9.17) is 0 Å². The van der Waals surface area contributed by atoms with E-state index in [1.807, 2.05) is 38.1 Å². The Morgan fingerprint density at radius 1 is 1.08 bits per heavy atom. The molecule has 0 radical (unpaired) electrons. The van der Waals surface area contributed by atoms with Gasteiger partial charge in [0.2, 0.25) is 5.91 Å². The van der Waals surface area contributed by atoms with Crippen LogP contribution in [0, 0.1) is 0 Å². The van der Waals surface area contributed by atoms with Gasteiger partial charge in [0.15, 0.2) is 0 Å². The molecular weight excluding hydrogens is 330 g/mol. The first-order chi connectivity index (χ1) is 12.3. The van der Waals surface area contributed by atoms with Crippen LogP contribution < -0.4 is 10.6 Å². The van der Waals surface area contributed by atoms with Gasteiger partial charge in [-0.05, 0) is 43.7 Å². The number of para-hydroxylation sites is 1. The number of hydrogen-bond acceptors (Lipinski definition) is 3. The number of phenolic OH excluding ortho intramolecular Hbond substituents is 1. The lowest BCUT2D eigenvalue weighted by molar-refractivity contribution is -0.121. The molecule has 3 aromatic rings. The first-order valence-corrected chi connectivity index (χ1v) is 8.32. The molecule has 0 bridgehead atoms. The van der Waals surface area contributed by atoms with Gasteiger partial charge in [0.25, 0.3) is 5.91 Å². The maximum Gasteiger partial charge on any atom is 0.268 e. The van der Waals surface area contributed by atoms with Crippen LogP contribution in [-0.2, 0) is 10.3 Å². The summed E-state index contributed by atoms with van der Waals surface area (Å²) in [5.41, 5.74) is 1.51. The van der Waals surface area contributed by atoms with Gasteiger partial charge in [-0.15, -0.1) is 0 Å². The molecule has 0 aliphatic rings. The van der Waals surface area contributed by atoms with Crippen LogP contribution in [0.2, 0.25) is 0 Å². The van der Waals surface area contributed by atoms with E-state index in [0.717, 1.165) is 16.5 Å². The number of aromatic nitrogens is 1. The monoisotopic (exact) mass is 351 g/mol. The van der Waals surface area contributed by atoms with Crippen LogP contribution in [0.1, 0.15) is 29.9 Å². The highest BCUT2D eigenvalue weighted by Gasteiger charge is 2.23. The fourth-order valence-corrected chi connectivity index (χ4v) is 2.79. The van der Waals surface area contributed by atoms with E-state index in [-0.39, 0.29) is 24.1 Å². The van der Waals surface area contributed by atoms with Crippen molar-refractivity contribution in [2.24, 2.45) is 0 Å². The van der Waals surface area contributed by atoms with E-state index in [1.54, 1.807) is 30.3 Å². The lowest BCUT2D eigenvalue weighted by Gasteiger charge is -2.27. The quantitative estimate of drug-likeness (QED) is 0.569. The third-order valence-electron chi connectivity index (χ3n) is 4.23. The normalized spacial score (nSPS) is 11.3. The molecule has 0 saturated heterocycles. The second-order valence-corrected chi connectivity index (χ2v) is 6.67. The fourth-order valence-electron chi connectivity index (χ4n) is 2.79. The molecule has 26 heavy (non-hydrogen) atoms. The van der Waals surface area contributed by atoms with Crippen molar-refractivity contribution in [1.82, 2.24) is 15.6 Å². The lowest BCUT2D eigenvalue weighted by atomic mass is 9.94. The summed E-state index contributed by atoms with van der Waals surface area (Å²) in [5.74, 6) is -0.465. The Hall–Kier alpha value is -3.28. The molecule has 1 aromatic heterocycles. The van der Waals surface area contributed by atoms with Gasteiger partial charge in [0.1, 0.15) is 11.4 Å². The number of phenols is 1. The van der Waals surface area contributed by atoms with Gasteiger partial charge in [0, 0.05) is 10.9 Å². The number of carbonyl (C=O) groups is 2. The molecule has 3 rings (SSSR count). The number of aromatic amines is 1. The number of benzene rings is 2. The number of fused-ring (bicyclic) bond motifs is 1. The standard InChI is InChI=1S/C20H21N3O3/c1-20(2,14-7-9-15(24)10-8-14)23-18(25)12-21-19(26)17-11-13-5-3-4-6-16(13)22-17/h3-11,22,24H,12H2,1-2H3,(H,21,26)(H,23,25). The van der Waals surface area contributed by atoms with E-state index >= 15 is 0 Å². The number of hydrogen-bond donors (Lipinski definition) is 4. The molecule has 2 amide bonds. The summed E-state index contributed by atoms with van der Waals surface area (Å²) in [6.45, 7) is 3.59. The summed E-state index contributed by atoms with van der Waals surface area (Å²) < 4.78 is 0. The number of aromatic hydroxyl groups is 1. The van der Waals surface area contributed by atoms with E-state index < -0.39 is 5.54 Å². The molecule has 6 nitrogen and oxygen atoms in total. The SMILES string of the molecule is CC(C)(NC(=O)CNC(=O)c1cc2ccccc2[nH]1)c1ccc(O)cc1. The van der Waals surface area contributed by atoms with Crippen molar-refractivity contribution in [3.05, 3.63) is 65.9 Å². The smallest absolute Gasteiger partial charge is 0.268 e. The van der Waals surface area contributed by atoms with E-state index in [2.05, 4.69) is 15.6 Å². The third-order valence-corrected chi connectivity index (χ3v) is 4.23. The average Bonchev–Trinajstić information content (AvgIpc) is 3.04.